The van der Waals surface area contributed by atoms with Gasteiger partial charge in [-0.25, -0.2) is 10.9 Å². The Labute approximate surface area is 128 Å². The van der Waals surface area contributed by atoms with Crippen molar-refractivity contribution < 1.29 is 9.26 Å². The summed E-state index contributed by atoms with van der Waals surface area (Å²) < 4.78 is 10.6. The molecule has 0 bridgehead atoms. The van der Waals surface area contributed by atoms with E-state index in [0.29, 0.717) is 11.7 Å². The quantitative estimate of drug-likeness (QED) is 0.618. The molecule has 1 aliphatic rings. The van der Waals surface area contributed by atoms with Crippen molar-refractivity contribution in [1.82, 2.24) is 26.3 Å². The zero-order valence-corrected chi connectivity index (χ0v) is 12.5. The van der Waals surface area contributed by atoms with Crippen LogP contribution in [0.1, 0.15) is 18.7 Å². The van der Waals surface area contributed by atoms with Crippen molar-refractivity contribution in [2.75, 3.05) is 13.7 Å². The molecule has 2 aromatic rings. The Hall–Kier alpha value is -2.00. The van der Waals surface area contributed by atoms with Gasteiger partial charge in [0.15, 0.2) is 0 Å². The first-order valence-corrected chi connectivity index (χ1v) is 7.21. The molecule has 118 valence electrons. The van der Waals surface area contributed by atoms with Gasteiger partial charge in [0.1, 0.15) is 5.75 Å². The minimum Gasteiger partial charge on any atom is -0.497 e. The van der Waals surface area contributed by atoms with Crippen molar-refractivity contribution in [3.63, 3.8) is 0 Å². The number of hydrogen-bond acceptors (Lipinski definition) is 8. The molecule has 0 spiro atoms. The molecule has 2 heterocycles. The summed E-state index contributed by atoms with van der Waals surface area (Å²) in [5.41, 5.74) is 13.0. The Morgan fingerprint density at radius 1 is 1.32 bits per heavy atom. The number of hydrazine groups is 1. The van der Waals surface area contributed by atoms with Crippen LogP contribution in [-0.4, -0.2) is 36.1 Å². The van der Waals surface area contributed by atoms with Crippen LogP contribution in [0.4, 0.5) is 0 Å². The molecular formula is C14H20N6O2. The third kappa shape index (κ3) is 2.81. The van der Waals surface area contributed by atoms with E-state index in [4.69, 9.17) is 15.0 Å². The monoisotopic (exact) mass is 304 g/mol. The molecule has 0 saturated carbocycles. The minimum absolute atomic E-state index is 0.0517. The Morgan fingerprint density at radius 3 is 2.77 bits per heavy atom. The van der Waals surface area contributed by atoms with E-state index >= 15 is 0 Å². The summed E-state index contributed by atoms with van der Waals surface area (Å²) >= 11 is 0. The standard InChI is InChI=1S/C14H20N6O2/c1-3-16-13-10(11(15)18-19-13)14-17-12(20-22-14)8-4-6-9(21-2)7-5-8/h4-7,10-11,13,16,18-19H,3,15H2,1-2H3. The smallest absolute Gasteiger partial charge is 0.236 e. The number of aromatic nitrogens is 2. The molecule has 3 unspecified atom stereocenters. The second-order valence-corrected chi connectivity index (χ2v) is 5.06. The zero-order chi connectivity index (χ0) is 15.5. The summed E-state index contributed by atoms with van der Waals surface area (Å²) in [5, 5.41) is 7.34. The van der Waals surface area contributed by atoms with E-state index in [1.165, 1.54) is 0 Å². The number of nitrogens with one attached hydrogen (secondary N) is 3. The third-order valence-electron chi connectivity index (χ3n) is 3.65. The van der Waals surface area contributed by atoms with Crippen molar-refractivity contribution in [2.45, 2.75) is 25.2 Å². The number of hydrogen-bond donors (Lipinski definition) is 4. The number of likely N-dealkylation sites (N-methyl/N-ethyl adjacent to an activating group) is 1. The van der Waals surface area contributed by atoms with Crippen LogP contribution in [0.25, 0.3) is 11.4 Å². The first-order chi connectivity index (χ1) is 10.7. The van der Waals surface area contributed by atoms with Gasteiger partial charge in [0.05, 0.1) is 25.4 Å². The van der Waals surface area contributed by atoms with Gasteiger partial charge in [-0.15, -0.1) is 0 Å². The molecular weight excluding hydrogens is 284 g/mol. The maximum atomic E-state index is 6.06. The van der Waals surface area contributed by atoms with E-state index in [1.54, 1.807) is 7.11 Å². The Bertz CT molecular complexity index is 612. The number of benzene rings is 1. The molecule has 8 nitrogen and oxygen atoms in total. The van der Waals surface area contributed by atoms with Crippen LogP contribution in [-0.2, 0) is 0 Å². The first-order valence-electron chi connectivity index (χ1n) is 7.21. The Kier molecular flexibility index (Phi) is 4.34. The Morgan fingerprint density at radius 2 is 2.09 bits per heavy atom. The second-order valence-electron chi connectivity index (χ2n) is 5.06. The normalized spacial score (nSPS) is 24.6. The van der Waals surface area contributed by atoms with Gasteiger partial charge in [-0.1, -0.05) is 12.1 Å². The highest BCUT2D eigenvalue weighted by Crippen LogP contribution is 2.26. The molecule has 8 heteroatoms. The number of nitrogens with two attached hydrogens (primary N) is 1. The topological polar surface area (TPSA) is 110 Å². The highest BCUT2D eigenvalue weighted by molar-refractivity contribution is 5.55. The highest BCUT2D eigenvalue weighted by Gasteiger charge is 2.38. The predicted molar refractivity (Wildman–Crippen MR) is 80.7 cm³/mol. The number of nitrogens with zero attached hydrogens (tertiary/aromatic N) is 2. The van der Waals surface area contributed by atoms with Crippen molar-refractivity contribution in [2.24, 2.45) is 5.73 Å². The zero-order valence-electron chi connectivity index (χ0n) is 12.5. The first kappa shape index (κ1) is 14.9. The lowest BCUT2D eigenvalue weighted by molar-refractivity contribution is 0.316. The number of methoxy groups -OCH3 is 1. The van der Waals surface area contributed by atoms with Gasteiger partial charge in [-0.05, 0) is 30.8 Å². The fourth-order valence-electron chi connectivity index (χ4n) is 2.49. The van der Waals surface area contributed by atoms with Crippen LogP contribution in [0, 0.1) is 0 Å². The van der Waals surface area contributed by atoms with E-state index in [1.807, 2.05) is 31.2 Å². The molecule has 1 fully saturated rings. The van der Waals surface area contributed by atoms with Gasteiger partial charge in [-0.3, -0.25) is 0 Å². The lowest BCUT2D eigenvalue weighted by Gasteiger charge is -2.17. The molecule has 0 amide bonds. The van der Waals surface area contributed by atoms with E-state index in [0.717, 1.165) is 17.9 Å². The Balaban J connectivity index is 1.82. The van der Waals surface area contributed by atoms with Crippen molar-refractivity contribution in [3.8, 4) is 17.1 Å². The summed E-state index contributed by atoms with van der Waals surface area (Å²) in [6.07, 6.45) is -0.350. The van der Waals surface area contributed by atoms with Crippen LogP contribution in [0.2, 0.25) is 0 Å². The molecule has 5 N–H and O–H groups in total. The van der Waals surface area contributed by atoms with E-state index in [9.17, 15) is 0 Å². The molecule has 3 rings (SSSR count). The van der Waals surface area contributed by atoms with Gasteiger partial charge in [0.25, 0.3) is 0 Å². The van der Waals surface area contributed by atoms with Gasteiger partial charge in [-0.2, -0.15) is 4.98 Å². The number of rotatable bonds is 5. The lowest BCUT2D eigenvalue weighted by atomic mass is 10.1. The molecule has 0 aliphatic carbocycles. The van der Waals surface area contributed by atoms with Crippen LogP contribution < -0.4 is 26.6 Å². The van der Waals surface area contributed by atoms with Crippen molar-refractivity contribution in [1.29, 1.82) is 0 Å². The van der Waals surface area contributed by atoms with E-state index in [2.05, 4.69) is 26.3 Å². The van der Waals surface area contributed by atoms with Crippen LogP contribution in [0.5, 0.6) is 5.75 Å². The summed E-state index contributed by atoms with van der Waals surface area (Å²) in [7, 11) is 1.63. The summed E-state index contributed by atoms with van der Waals surface area (Å²) in [5.74, 6) is 1.68. The van der Waals surface area contributed by atoms with Crippen LogP contribution in [0.15, 0.2) is 28.8 Å². The largest absolute Gasteiger partial charge is 0.497 e. The molecule has 1 aliphatic heterocycles. The lowest BCUT2D eigenvalue weighted by Crippen LogP contribution is -2.43. The fraction of sp³-hybridized carbons (Fsp3) is 0.429. The molecule has 1 aromatic heterocycles. The van der Waals surface area contributed by atoms with Gasteiger partial charge in [0, 0.05) is 5.56 Å². The minimum atomic E-state index is -0.298. The summed E-state index contributed by atoms with van der Waals surface area (Å²) in [6.45, 7) is 2.83. The highest BCUT2D eigenvalue weighted by atomic mass is 16.5. The number of ether oxygens (including phenoxy) is 1. The summed E-state index contributed by atoms with van der Waals surface area (Å²) in [6, 6.07) is 7.50. The van der Waals surface area contributed by atoms with Crippen LogP contribution in [0.3, 0.4) is 0 Å². The van der Waals surface area contributed by atoms with Gasteiger partial charge < -0.3 is 20.3 Å². The second kappa shape index (κ2) is 6.41. The maximum absolute atomic E-state index is 6.06. The van der Waals surface area contributed by atoms with Gasteiger partial charge >= 0.3 is 0 Å². The summed E-state index contributed by atoms with van der Waals surface area (Å²) in [4.78, 5) is 4.48. The average molecular weight is 304 g/mol. The SMILES string of the molecule is CCNC1NNC(N)C1c1nc(-c2ccc(OC)cc2)no1. The van der Waals surface area contributed by atoms with E-state index < -0.39 is 0 Å². The van der Waals surface area contributed by atoms with Crippen molar-refractivity contribution in [3.05, 3.63) is 30.2 Å². The molecule has 1 aromatic carbocycles. The molecule has 3 atom stereocenters. The molecule has 0 radical (unpaired) electrons. The fourth-order valence-corrected chi connectivity index (χ4v) is 2.49. The average Bonchev–Trinajstić information content (AvgIpc) is 3.15. The molecule has 1 saturated heterocycles. The van der Waals surface area contributed by atoms with Crippen LogP contribution >= 0.6 is 0 Å². The van der Waals surface area contributed by atoms with Gasteiger partial charge in [0.2, 0.25) is 11.7 Å². The molecule has 22 heavy (non-hydrogen) atoms. The van der Waals surface area contributed by atoms with Crippen molar-refractivity contribution >= 4 is 0 Å². The maximum Gasteiger partial charge on any atom is 0.236 e. The third-order valence-corrected chi connectivity index (χ3v) is 3.65. The van der Waals surface area contributed by atoms with E-state index in [-0.39, 0.29) is 18.2 Å². The predicted octanol–water partition coefficient (Wildman–Crippen LogP) is 0.157.